The van der Waals surface area contributed by atoms with Crippen molar-refractivity contribution in [1.82, 2.24) is 15.0 Å². The number of aromatic amines is 1. The molecule has 3 aromatic rings. The summed E-state index contributed by atoms with van der Waals surface area (Å²) in [5.41, 5.74) is 3.68. The highest BCUT2D eigenvalue weighted by molar-refractivity contribution is 7.07. The maximum atomic E-state index is 11.7. The minimum Gasteiger partial charge on any atom is -0.504 e. The Kier molecular flexibility index (Phi) is 3.41. The third-order valence-electron chi connectivity index (χ3n) is 2.93. The van der Waals surface area contributed by atoms with Gasteiger partial charge in [0.05, 0.1) is 29.7 Å². The molecule has 0 saturated heterocycles. The van der Waals surface area contributed by atoms with Crippen LogP contribution in [0.3, 0.4) is 0 Å². The summed E-state index contributed by atoms with van der Waals surface area (Å²) in [6.45, 7) is 0. The Labute approximate surface area is 123 Å². The number of phenolic OH excluding ortho intramolecular Hbond substituents is 1. The van der Waals surface area contributed by atoms with E-state index < -0.39 is 5.69 Å². The van der Waals surface area contributed by atoms with Gasteiger partial charge in [0.2, 0.25) is 0 Å². The van der Waals surface area contributed by atoms with Crippen molar-refractivity contribution in [2.75, 3.05) is 7.11 Å². The van der Waals surface area contributed by atoms with Crippen LogP contribution in [0.4, 0.5) is 0 Å². The van der Waals surface area contributed by atoms with Gasteiger partial charge >= 0.3 is 5.69 Å². The van der Waals surface area contributed by atoms with Crippen LogP contribution in [-0.2, 0) is 0 Å². The van der Waals surface area contributed by atoms with Gasteiger partial charge in [0.25, 0.3) is 0 Å². The fraction of sp³-hybridized carbons (Fsp3) is 0.0714. The monoisotopic (exact) mass is 301 g/mol. The van der Waals surface area contributed by atoms with E-state index in [1.807, 2.05) is 5.38 Å². The lowest BCUT2D eigenvalue weighted by molar-refractivity contribution is 0.373. The summed E-state index contributed by atoms with van der Waals surface area (Å²) < 4.78 is 5.07. The van der Waals surface area contributed by atoms with Crippen molar-refractivity contribution in [3.05, 3.63) is 45.6 Å². The summed E-state index contributed by atoms with van der Waals surface area (Å²) in [6.07, 6.45) is 0. The third kappa shape index (κ3) is 2.63. The van der Waals surface area contributed by atoms with Gasteiger partial charge in [-0.05, 0) is 24.3 Å². The summed E-state index contributed by atoms with van der Waals surface area (Å²) >= 11 is 1.44. The number of nitrogens with zero attached hydrogens (tertiary/aromatic N) is 2. The van der Waals surface area contributed by atoms with Crippen molar-refractivity contribution >= 4 is 11.3 Å². The lowest BCUT2D eigenvalue weighted by Gasteiger charge is -2.07. The molecule has 0 amide bonds. The van der Waals surface area contributed by atoms with E-state index in [1.54, 1.807) is 23.7 Å². The molecule has 0 spiro atoms. The van der Waals surface area contributed by atoms with E-state index in [9.17, 15) is 9.90 Å². The first-order chi connectivity index (χ1) is 10.2. The first kappa shape index (κ1) is 13.3. The summed E-state index contributed by atoms with van der Waals surface area (Å²) in [5.74, 6) is 0.357. The number of methoxy groups -OCH3 is 1. The van der Waals surface area contributed by atoms with E-state index in [-0.39, 0.29) is 5.75 Å². The summed E-state index contributed by atoms with van der Waals surface area (Å²) in [4.78, 5) is 22.5. The van der Waals surface area contributed by atoms with Gasteiger partial charge in [-0.3, -0.25) is 0 Å². The smallest absolute Gasteiger partial charge is 0.346 e. The molecule has 7 heteroatoms. The summed E-state index contributed by atoms with van der Waals surface area (Å²) in [7, 11) is 1.46. The van der Waals surface area contributed by atoms with Crippen LogP contribution in [0.2, 0.25) is 0 Å². The van der Waals surface area contributed by atoms with Gasteiger partial charge in [-0.1, -0.05) is 0 Å². The molecule has 0 fully saturated rings. The van der Waals surface area contributed by atoms with Crippen molar-refractivity contribution in [1.29, 1.82) is 0 Å². The van der Waals surface area contributed by atoms with Gasteiger partial charge in [-0.25, -0.2) is 9.78 Å². The molecule has 0 aliphatic heterocycles. The molecule has 6 nitrogen and oxygen atoms in total. The molecular formula is C14H11N3O3S. The van der Waals surface area contributed by atoms with E-state index in [4.69, 9.17) is 4.74 Å². The van der Waals surface area contributed by atoms with Crippen molar-refractivity contribution in [3.8, 4) is 34.1 Å². The molecular weight excluding hydrogens is 290 g/mol. The fourth-order valence-corrected chi connectivity index (χ4v) is 2.48. The Hall–Kier alpha value is -2.67. The van der Waals surface area contributed by atoms with Crippen LogP contribution in [0.15, 0.2) is 40.0 Å². The molecule has 21 heavy (non-hydrogen) atoms. The predicted molar refractivity (Wildman–Crippen MR) is 79.6 cm³/mol. The van der Waals surface area contributed by atoms with Crippen LogP contribution in [-0.4, -0.2) is 27.2 Å². The standard InChI is InChI=1S/C14H11N3O3S/c1-20-13-4-8(2-3-12(13)18)9-5-10(17-14(19)16-9)11-6-21-7-15-11/h2-7,18H,1H3,(H,16,17,19). The Morgan fingerprint density at radius 3 is 2.86 bits per heavy atom. The quantitative estimate of drug-likeness (QED) is 0.775. The Morgan fingerprint density at radius 2 is 2.14 bits per heavy atom. The topological polar surface area (TPSA) is 88.1 Å². The number of thiazole rings is 1. The number of ether oxygens (including phenoxy) is 1. The van der Waals surface area contributed by atoms with Gasteiger partial charge in [0.15, 0.2) is 11.5 Å². The number of hydrogen-bond acceptors (Lipinski definition) is 6. The maximum Gasteiger partial charge on any atom is 0.346 e. The average Bonchev–Trinajstić information content (AvgIpc) is 3.01. The van der Waals surface area contributed by atoms with Crippen LogP contribution < -0.4 is 10.4 Å². The largest absolute Gasteiger partial charge is 0.504 e. The molecule has 1 aromatic carbocycles. The highest BCUT2D eigenvalue weighted by atomic mass is 32.1. The molecule has 0 aliphatic rings. The van der Waals surface area contributed by atoms with E-state index >= 15 is 0 Å². The SMILES string of the molecule is COc1cc(-c2cc(-c3cscn3)[nH]c(=O)n2)ccc1O. The Morgan fingerprint density at radius 1 is 1.29 bits per heavy atom. The van der Waals surface area contributed by atoms with E-state index in [0.717, 1.165) is 0 Å². The zero-order valence-electron chi connectivity index (χ0n) is 11.0. The summed E-state index contributed by atoms with van der Waals surface area (Å²) in [6, 6.07) is 6.54. The maximum absolute atomic E-state index is 11.7. The molecule has 0 saturated carbocycles. The number of aromatic hydroxyl groups is 1. The van der Waals surface area contributed by atoms with E-state index in [2.05, 4.69) is 15.0 Å². The predicted octanol–water partition coefficient (Wildman–Crippen LogP) is 2.27. The van der Waals surface area contributed by atoms with Gasteiger partial charge in [-0.2, -0.15) is 4.98 Å². The van der Waals surface area contributed by atoms with Crippen molar-refractivity contribution in [2.45, 2.75) is 0 Å². The van der Waals surface area contributed by atoms with Gasteiger partial charge in [0.1, 0.15) is 0 Å². The highest BCUT2D eigenvalue weighted by Crippen LogP contribution is 2.31. The number of H-pyrrole nitrogens is 1. The molecule has 0 atom stereocenters. The van der Waals surface area contributed by atoms with Crippen LogP contribution in [0.5, 0.6) is 11.5 Å². The molecule has 2 N–H and O–H groups in total. The highest BCUT2D eigenvalue weighted by Gasteiger charge is 2.09. The molecule has 0 aliphatic carbocycles. The number of benzene rings is 1. The second-order valence-electron chi connectivity index (χ2n) is 4.25. The molecule has 0 radical (unpaired) electrons. The first-order valence-corrected chi connectivity index (χ1v) is 6.99. The Balaban J connectivity index is 2.13. The van der Waals surface area contributed by atoms with Crippen LogP contribution in [0.1, 0.15) is 0 Å². The number of hydrogen-bond donors (Lipinski definition) is 2. The van der Waals surface area contributed by atoms with Crippen molar-refractivity contribution in [2.24, 2.45) is 0 Å². The molecule has 2 aromatic heterocycles. The minimum absolute atomic E-state index is 0.0332. The second-order valence-corrected chi connectivity index (χ2v) is 4.96. The molecule has 2 heterocycles. The lowest BCUT2D eigenvalue weighted by atomic mass is 10.1. The number of phenols is 1. The van der Waals surface area contributed by atoms with Crippen LogP contribution in [0, 0.1) is 0 Å². The average molecular weight is 301 g/mol. The number of rotatable bonds is 3. The van der Waals surface area contributed by atoms with Gasteiger partial charge in [0, 0.05) is 10.9 Å². The summed E-state index contributed by atoms with van der Waals surface area (Å²) in [5, 5.41) is 11.5. The lowest BCUT2D eigenvalue weighted by Crippen LogP contribution is -2.12. The van der Waals surface area contributed by atoms with Crippen molar-refractivity contribution < 1.29 is 9.84 Å². The number of nitrogens with one attached hydrogen (secondary N) is 1. The fourth-order valence-electron chi connectivity index (χ4n) is 1.93. The Bertz CT molecular complexity index is 828. The minimum atomic E-state index is -0.456. The second kappa shape index (κ2) is 5.37. The molecule has 106 valence electrons. The van der Waals surface area contributed by atoms with Crippen molar-refractivity contribution in [3.63, 3.8) is 0 Å². The van der Waals surface area contributed by atoms with Crippen LogP contribution >= 0.6 is 11.3 Å². The van der Waals surface area contributed by atoms with Crippen LogP contribution in [0.25, 0.3) is 22.6 Å². The zero-order chi connectivity index (χ0) is 14.8. The zero-order valence-corrected chi connectivity index (χ0v) is 11.8. The van der Waals surface area contributed by atoms with E-state index in [0.29, 0.717) is 28.4 Å². The molecule has 0 unspecified atom stereocenters. The molecule has 3 rings (SSSR count). The third-order valence-corrected chi connectivity index (χ3v) is 3.51. The number of aromatic nitrogens is 3. The molecule has 0 bridgehead atoms. The van der Waals surface area contributed by atoms with Gasteiger partial charge in [-0.15, -0.1) is 11.3 Å². The first-order valence-electron chi connectivity index (χ1n) is 6.04. The van der Waals surface area contributed by atoms with Gasteiger partial charge < -0.3 is 14.8 Å². The normalized spacial score (nSPS) is 10.5. The van der Waals surface area contributed by atoms with E-state index in [1.165, 1.54) is 24.5 Å².